The average molecular weight is 343 g/mol. The minimum atomic E-state index is -0.547. The second-order valence-corrected chi connectivity index (χ2v) is 6.32. The lowest BCUT2D eigenvalue weighted by Crippen LogP contribution is -2.21. The molecule has 7 heteroatoms. The van der Waals surface area contributed by atoms with Crippen LogP contribution in [0.15, 0.2) is 24.5 Å². The van der Waals surface area contributed by atoms with E-state index in [2.05, 4.69) is 9.97 Å². The van der Waals surface area contributed by atoms with Crippen molar-refractivity contribution in [3.63, 3.8) is 0 Å². The quantitative estimate of drug-likeness (QED) is 0.586. The Hall–Kier alpha value is -2.70. The summed E-state index contributed by atoms with van der Waals surface area (Å²) < 4.78 is 11.5. The van der Waals surface area contributed by atoms with Gasteiger partial charge < -0.3 is 9.47 Å². The number of aryl methyl sites for hydroxylation is 2. The van der Waals surface area contributed by atoms with Crippen LogP contribution in [0.3, 0.4) is 0 Å². The van der Waals surface area contributed by atoms with Crippen LogP contribution in [0.2, 0.25) is 0 Å². The zero-order chi connectivity index (χ0) is 17.8. The molecule has 1 aliphatic rings. The Labute approximate surface area is 146 Å². The van der Waals surface area contributed by atoms with Gasteiger partial charge in [0.2, 0.25) is 0 Å². The summed E-state index contributed by atoms with van der Waals surface area (Å²) in [7, 11) is 0. The van der Waals surface area contributed by atoms with Gasteiger partial charge in [-0.3, -0.25) is 10.1 Å². The minimum Gasteiger partial charge on any atom is -0.469 e. The average Bonchev–Trinajstić information content (AvgIpc) is 2.59. The molecule has 1 aromatic heterocycles. The van der Waals surface area contributed by atoms with Crippen molar-refractivity contribution in [2.45, 2.75) is 52.1 Å². The first-order valence-corrected chi connectivity index (χ1v) is 8.45. The van der Waals surface area contributed by atoms with E-state index in [1.165, 1.54) is 12.7 Å². The molecule has 0 unspecified atom stereocenters. The summed E-state index contributed by atoms with van der Waals surface area (Å²) in [5.74, 6) is 0.369. The molecule has 0 N–H and O–H groups in total. The van der Waals surface area contributed by atoms with Gasteiger partial charge in [0.15, 0.2) is 0 Å². The monoisotopic (exact) mass is 343 g/mol. The molecule has 3 rings (SSSR count). The van der Waals surface area contributed by atoms with E-state index in [0.717, 1.165) is 36.8 Å². The Morgan fingerprint density at radius 2 is 1.80 bits per heavy atom. The molecule has 2 aromatic rings. The van der Waals surface area contributed by atoms with E-state index in [1.807, 2.05) is 26.0 Å². The molecule has 1 saturated carbocycles. The summed E-state index contributed by atoms with van der Waals surface area (Å²) >= 11 is 0. The molecule has 1 fully saturated rings. The van der Waals surface area contributed by atoms with Gasteiger partial charge in [-0.1, -0.05) is 12.5 Å². The first-order chi connectivity index (χ1) is 12.0. The Kier molecular flexibility index (Phi) is 5.11. The van der Waals surface area contributed by atoms with Gasteiger partial charge in [0, 0.05) is 0 Å². The molecule has 25 heavy (non-hydrogen) atoms. The highest BCUT2D eigenvalue weighted by Crippen LogP contribution is 2.37. The molecule has 0 aliphatic heterocycles. The molecule has 0 amide bonds. The highest BCUT2D eigenvalue weighted by atomic mass is 16.6. The van der Waals surface area contributed by atoms with Gasteiger partial charge in [-0.05, 0) is 62.8 Å². The molecule has 1 aromatic carbocycles. The number of aromatic nitrogens is 2. The van der Waals surface area contributed by atoms with E-state index in [-0.39, 0.29) is 23.6 Å². The fourth-order valence-corrected chi connectivity index (χ4v) is 2.89. The summed E-state index contributed by atoms with van der Waals surface area (Å²) in [6, 6.07) is 5.48. The number of nitrogens with zero attached hydrogens (tertiary/aromatic N) is 3. The lowest BCUT2D eigenvalue weighted by atomic mass is 9.98. The second kappa shape index (κ2) is 7.46. The molecule has 7 nitrogen and oxygen atoms in total. The van der Waals surface area contributed by atoms with Gasteiger partial charge in [0.25, 0.3) is 0 Å². The van der Waals surface area contributed by atoms with Crippen LogP contribution in [0.4, 0.5) is 5.69 Å². The van der Waals surface area contributed by atoms with Crippen molar-refractivity contribution in [2.24, 2.45) is 0 Å². The molecule has 0 spiro atoms. The molecule has 0 bridgehead atoms. The fraction of sp³-hybridized carbons (Fsp3) is 0.444. The Balaban J connectivity index is 1.88. The Morgan fingerprint density at radius 3 is 2.48 bits per heavy atom. The topological polar surface area (TPSA) is 87.4 Å². The molecule has 132 valence electrons. The molecule has 0 radical (unpaired) electrons. The second-order valence-electron chi connectivity index (χ2n) is 6.32. The predicted octanol–water partition coefficient (Wildman–Crippen LogP) is 4.51. The van der Waals surface area contributed by atoms with Gasteiger partial charge >= 0.3 is 17.4 Å². The number of hydrogen-bond acceptors (Lipinski definition) is 6. The largest absolute Gasteiger partial charge is 0.469 e. The van der Waals surface area contributed by atoms with Crippen molar-refractivity contribution in [3.05, 3.63) is 45.8 Å². The summed E-state index contributed by atoms with van der Waals surface area (Å²) in [6.45, 7) is 3.94. The zero-order valence-electron chi connectivity index (χ0n) is 14.4. The maximum Gasteiger partial charge on any atom is 0.392 e. The highest BCUT2D eigenvalue weighted by Gasteiger charge is 2.29. The Bertz CT molecular complexity index is 773. The van der Waals surface area contributed by atoms with Crippen molar-refractivity contribution < 1.29 is 14.4 Å². The molecule has 0 saturated heterocycles. The smallest absolute Gasteiger partial charge is 0.392 e. The summed E-state index contributed by atoms with van der Waals surface area (Å²) in [6.07, 6.45) is 6.26. The van der Waals surface area contributed by atoms with Gasteiger partial charge in [-0.2, -0.15) is 9.97 Å². The van der Waals surface area contributed by atoms with Crippen LogP contribution >= 0.6 is 0 Å². The third-order valence-electron chi connectivity index (χ3n) is 4.46. The van der Waals surface area contributed by atoms with E-state index in [9.17, 15) is 10.1 Å². The van der Waals surface area contributed by atoms with Crippen LogP contribution in [-0.4, -0.2) is 21.0 Å². The lowest BCUT2D eigenvalue weighted by Gasteiger charge is -2.22. The molecule has 0 atom stereocenters. The van der Waals surface area contributed by atoms with E-state index >= 15 is 0 Å². The third kappa shape index (κ3) is 4.04. The number of ether oxygens (including phenoxy) is 2. The van der Waals surface area contributed by atoms with Crippen molar-refractivity contribution in [1.82, 2.24) is 9.97 Å². The van der Waals surface area contributed by atoms with E-state index in [4.69, 9.17) is 9.47 Å². The number of rotatable bonds is 5. The molecular formula is C18H21N3O4. The Morgan fingerprint density at radius 1 is 1.08 bits per heavy atom. The number of nitro groups is 1. The van der Waals surface area contributed by atoms with Crippen LogP contribution in [0, 0.1) is 24.0 Å². The SMILES string of the molecule is Cc1ccc(Oc2ncnc(OC3CCCCC3)c2[N+](=O)[O-])cc1C. The standard InChI is InChI=1S/C18H21N3O4/c1-12-8-9-15(10-13(12)2)25-18-16(21(22)23)17(19-11-20-18)24-14-6-4-3-5-7-14/h8-11,14H,3-7H2,1-2H3. The van der Waals surface area contributed by atoms with Crippen molar-refractivity contribution >= 4 is 5.69 Å². The first kappa shape index (κ1) is 17.1. The highest BCUT2D eigenvalue weighted by molar-refractivity contribution is 5.51. The summed E-state index contributed by atoms with van der Waals surface area (Å²) in [5.41, 5.74) is 1.82. The summed E-state index contributed by atoms with van der Waals surface area (Å²) in [5, 5.41) is 11.6. The van der Waals surface area contributed by atoms with Crippen LogP contribution in [0.25, 0.3) is 0 Å². The first-order valence-electron chi connectivity index (χ1n) is 8.45. The number of benzene rings is 1. The molecule has 1 aliphatic carbocycles. The zero-order valence-corrected chi connectivity index (χ0v) is 14.4. The van der Waals surface area contributed by atoms with Crippen LogP contribution in [-0.2, 0) is 0 Å². The van der Waals surface area contributed by atoms with Gasteiger partial charge in [0.05, 0.1) is 4.92 Å². The summed E-state index contributed by atoms with van der Waals surface area (Å²) in [4.78, 5) is 18.9. The lowest BCUT2D eigenvalue weighted by molar-refractivity contribution is -0.387. The van der Waals surface area contributed by atoms with E-state index in [0.29, 0.717) is 5.75 Å². The van der Waals surface area contributed by atoms with Crippen LogP contribution < -0.4 is 9.47 Å². The van der Waals surface area contributed by atoms with Crippen LogP contribution in [0.1, 0.15) is 43.2 Å². The van der Waals surface area contributed by atoms with E-state index < -0.39 is 4.92 Å². The van der Waals surface area contributed by atoms with E-state index in [1.54, 1.807) is 6.07 Å². The number of hydrogen-bond donors (Lipinski definition) is 0. The van der Waals surface area contributed by atoms with Crippen molar-refractivity contribution in [2.75, 3.05) is 0 Å². The predicted molar refractivity (Wildman–Crippen MR) is 92.2 cm³/mol. The normalized spacial score (nSPS) is 15.0. The van der Waals surface area contributed by atoms with Crippen LogP contribution in [0.5, 0.6) is 17.5 Å². The minimum absolute atomic E-state index is 0.0225. The third-order valence-corrected chi connectivity index (χ3v) is 4.46. The maximum atomic E-state index is 11.6. The van der Waals surface area contributed by atoms with Crippen molar-refractivity contribution in [1.29, 1.82) is 0 Å². The van der Waals surface area contributed by atoms with Gasteiger partial charge in [-0.15, -0.1) is 0 Å². The molecular weight excluding hydrogens is 322 g/mol. The van der Waals surface area contributed by atoms with Crippen molar-refractivity contribution in [3.8, 4) is 17.5 Å². The van der Waals surface area contributed by atoms with Gasteiger partial charge in [-0.25, -0.2) is 0 Å². The van der Waals surface area contributed by atoms with Gasteiger partial charge in [0.1, 0.15) is 18.2 Å². The fourth-order valence-electron chi connectivity index (χ4n) is 2.89. The maximum absolute atomic E-state index is 11.6. The molecule has 1 heterocycles.